The Kier molecular flexibility index (Phi) is 8.62. The molecule has 8 nitrogen and oxygen atoms in total. The lowest BCUT2D eigenvalue weighted by Crippen LogP contribution is -2.49. The maximum absolute atomic E-state index is 13.2. The molecule has 3 aliphatic rings. The number of nitrogens with one attached hydrogen (secondary N) is 1. The van der Waals surface area contributed by atoms with Crippen molar-refractivity contribution in [2.24, 2.45) is 0 Å². The first kappa shape index (κ1) is 26.4. The molecule has 3 aliphatic heterocycles. The average Bonchev–Trinajstić information content (AvgIpc) is 3.33. The maximum Gasteiger partial charge on any atom is 0.243 e. The third kappa shape index (κ3) is 6.44. The van der Waals surface area contributed by atoms with Crippen molar-refractivity contribution in [3.8, 4) is 0 Å². The van der Waals surface area contributed by atoms with Gasteiger partial charge in [-0.2, -0.15) is 9.29 Å². The SMILES string of the molecule is Cc1ccccc1S(=O)(=O)N1CCC(N2CCCCC(Nc3nccc(N4CCCCCC4)n3)C2)CC1. The minimum Gasteiger partial charge on any atom is -0.356 e. The molecule has 2 aromatic rings. The number of aromatic nitrogens is 2. The first-order valence-electron chi connectivity index (χ1n) is 14.1. The molecule has 4 heterocycles. The largest absolute Gasteiger partial charge is 0.356 e. The number of sulfonamides is 1. The number of benzene rings is 1. The van der Waals surface area contributed by atoms with Crippen molar-refractivity contribution >= 4 is 21.8 Å². The van der Waals surface area contributed by atoms with Gasteiger partial charge < -0.3 is 10.2 Å². The molecule has 0 bridgehead atoms. The number of likely N-dealkylation sites (tertiary alicyclic amines) is 1. The number of rotatable bonds is 6. The summed E-state index contributed by atoms with van der Waals surface area (Å²) >= 11 is 0. The molecule has 0 saturated carbocycles. The summed E-state index contributed by atoms with van der Waals surface area (Å²) in [6.07, 6.45) is 12.2. The van der Waals surface area contributed by atoms with Crippen LogP contribution < -0.4 is 10.2 Å². The molecule has 37 heavy (non-hydrogen) atoms. The lowest BCUT2D eigenvalue weighted by Gasteiger charge is -2.38. The second-order valence-electron chi connectivity index (χ2n) is 10.9. The Hall–Kier alpha value is -2.23. The number of hydrogen-bond donors (Lipinski definition) is 1. The van der Waals surface area contributed by atoms with Crippen LogP contribution in [0.1, 0.15) is 63.4 Å². The van der Waals surface area contributed by atoms with Crippen LogP contribution in [0, 0.1) is 6.92 Å². The fraction of sp³-hybridized carbons (Fsp3) is 0.643. The summed E-state index contributed by atoms with van der Waals surface area (Å²) in [6, 6.07) is 10.0. The van der Waals surface area contributed by atoms with Crippen LogP contribution in [0.3, 0.4) is 0 Å². The Bertz CT molecular complexity index is 1130. The van der Waals surface area contributed by atoms with Crippen LogP contribution in [0.5, 0.6) is 0 Å². The van der Waals surface area contributed by atoms with Gasteiger partial charge in [0.15, 0.2) is 0 Å². The number of piperidine rings is 1. The monoisotopic (exact) mass is 526 g/mol. The van der Waals surface area contributed by atoms with E-state index in [-0.39, 0.29) is 0 Å². The highest BCUT2D eigenvalue weighted by atomic mass is 32.2. The van der Waals surface area contributed by atoms with E-state index in [1.54, 1.807) is 10.4 Å². The Labute approximate surface area is 222 Å². The summed E-state index contributed by atoms with van der Waals surface area (Å²) in [5.74, 6) is 1.76. The predicted molar refractivity (Wildman–Crippen MR) is 149 cm³/mol. The van der Waals surface area contributed by atoms with Gasteiger partial charge in [-0.1, -0.05) is 37.5 Å². The third-order valence-corrected chi connectivity index (χ3v) is 10.3. The lowest BCUT2D eigenvalue weighted by molar-refractivity contribution is 0.140. The van der Waals surface area contributed by atoms with E-state index in [0.29, 0.717) is 30.1 Å². The highest BCUT2D eigenvalue weighted by molar-refractivity contribution is 7.89. The molecular formula is C28H42N6O2S. The number of aryl methyl sites for hydroxylation is 1. The second kappa shape index (κ2) is 12.1. The summed E-state index contributed by atoms with van der Waals surface area (Å²) in [5, 5.41) is 3.65. The van der Waals surface area contributed by atoms with E-state index >= 15 is 0 Å². The predicted octanol–water partition coefficient (Wildman–Crippen LogP) is 4.29. The molecule has 0 aliphatic carbocycles. The van der Waals surface area contributed by atoms with E-state index < -0.39 is 10.0 Å². The highest BCUT2D eigenvalue weighted by Gasteiger charge is 2.33. The fourth-order valence-electron chi connectivity index (χ4n) is 6.13. The molecular weight excluding hydrogens is 484 g/mol. The molecule has 1 aromatic heterocycles. The van der Waals surface area contributed by atoms with Crippen LogP contribution >= 0.6 is 0 Å². The first-order chi connectivity index (χ1) is 18.0. The van der Waals surface area contributed by atoms with Gasteiger partial charge in [0.2, 0.25) is 16.0 Å². The zero-order valence-corrected chi connectivity index (χ0v) is 23.0. The minimum absolute atomic E-state index is 0.301. The Balaban J connectivity index is 1.19. The van der Waals surface area contributed by atoms with Crippen LogP contribution in [0.2, 0.25) is 0 Å². The van der Waals surface area contributed by atoms with Gasteiger partial charge in [0.05, 0.1) is 4.90 Å². The topological polar surface area (TPSA) is 81.7 Å². The minimum atomic E-state index is -3.44. The Morgan fingerprint density at radius 2 is 1.59 bits per heavy atom. The summed E-state index contributed by atoms with van der Waals surface area (Å²) in [5.41, 5.74) is 0.813. The Morgan fingerprint density at radius 3 is 2.35 bits per heavy atom. The van der Waals surface area contributed by atoms with Gasteiger partial charge in [-0.3, -0.25) is 4.90 Å². The molecule has 1 unspecified atom stereocenters. The van der Waals surface area contributed by atoms with E-state index in [0.717, 1.165) is 62.8 Å². The van der Waals surface area contributed by atoms with Crippen molar-refractivity contribution in [1.29, 1.82) is 0 Å². The molecule has 9 heteroatoms. The van der Waals surface area contributed by atoms with Crippen molar-refractivity contribution in [3.05, 3.63) is 42.1 Å². The third-order valence-electron chi connectivity index (χ3n) is 8.26. The average molecular weight is 527 g/mol. The summed E-state index contributed by atoms with van der Waals surface area (Å²) in [6.45, 7) is 7.21. The van der Waals surface area contributed by atoms with Crippen LogP contribution in [-0.2, 0) is 10.0 Å². The molecule has 0 spiro atoms. The summed E-state index contributed by atoms with van der Waals surface area (Å²) in [7, 11) is -3.44. The van der Waals surface area contributed by atoms with E-state index in [1.807, 2.05) is 37.4 Å². The van der Waals surface area contributed by atoms with Gasteiger partial charge in [-0.05, 0) is 69.7 Å². The van der Waals surface area contributed by atoms with Gasteiger partial charge in [-0.15, -0.1) is 0 Å². The lowest BCUT2D eigenvalue weighted by atomic mass is 10.0. The first-order valence-corrected chi connectivity index (χ1v) is 15.6. The van der Waals surface area contributed by atoms with Gasteiger partial charge in [0.25, 0.3) is 0 Å². The van der Waals surface area contributed by atoms with Crippen LogP contribution in [0.4, 0.5) is 11.8 Å². The molecule has 3 saturated heterocycles. The smallest absolute Gasteiger partial charge is 0.243 e. The summed E-state index contributed by atoms with van der Waals surface area (Å²) in [4.78, 5) is 14.9. The fourth-order valence-corrected chi connectivity index (χ4v) is 7.83. The number of nitrogens with zero attached hydrogens (tertiary/aromatic N) is 5. The van der Waals surface area contributed by atoms with Crippen LogP contribution in [0.25, 0.3) is 0 Å². The standard InChI is InChI=1S/C28H42N6O2S/c1-23-10-4-5-12-26(23)37(35,36)34-20-14-25(15-21-34)33-19-9-6-11-24(22-33)30-28-29-16-13-27(31-28)32-17-7-2-3-8-18-32/h4-5,10,12-13,16,24-25H,2-3,6-9,11,14-15,17-22H2,1H3,(H,29,30,31). The van der Waals surface area contributed by atoms with Gasteiger partial charge in [0.1, 0.15) is 5.82 Å². The van der Waals surface area contributed by atoms with Gasteiger partial charge in [0, 0.05) is 51.0 Å². The van der Waals surface area contributed by atoms with Crippen LogP contribution in [-0.4, -0.2) is 78.9 Å². The number of hydrogen-bond acceptors (Lipinski definition) is 7. The molecule has 1 aromatic carbocycles. The van der Waals surface area contributed by atoms with Crippen molar-refractivity contribution in [2.75, 3.05) is 49.5 Å². The number of anilines is 2. The molecule has 3 fully saturated rings. The molecule has 1 atom stereocenters. The molecule has 1 N–H and O–H groups in total. The van der Waals surface area contributed by atoms with Crippen molar-refractivity contribution < 1.29 is 8.42 Å². The molecule has 202 valence electrons. The molecule has 0 radical (unpaired) electrons. The van der Waals surface area contributed by atoms with E-state index in [1.165, 1.54) is 38.5 Å². The van der Waals surface area contributed by atoms with Crippen molar-refractivity contribution in [2.45, 2.75) is 81.7 Å². The van der Waals surface area contributed by atoms with Crippen LogP contribution in [0.15, 0.2) is 41.4 Å². The van der Waals surface area contributed by atoms with E-state index in [2.05, 4.69) is 20.1 Å². The maximum atomic E-state index is 13.2. The zero-order chi connectivity index (χ0) is 25.7. The van der Waals surface area contributed by atoms with Gasteiger partial charge >= 0.3 is 0 Å². The van der Waals surface area contributed by atoms with Gasteiger partial charge in [-0.25, -0.2) is 13.4 Å². The zero-order valence-electron chi connectivity index (χ0n) is 22.2. The molecule has 5 rings (SSSR count). The van der Waals surface area contributed by atoms with E-state index in [4.69, 9.17) is 4.98 Å². The van der Waals surface area contributed by atoms with Crippen molar-refractivity contribution in [3.63, 3.8) is 0 Å². The second-order valence-corrected chi connectivity index (χ2v) is 12.8. The normalized spacial score (nSPS) is 23.4. The van der Waals surface area contributed by atoms with Crippen molar-refractivity contribution in [1.82, 2.24) is 19.2 Å². The summed E-state index contributed by atoms with van der Waals surface area (Å²) < 4.78 is 28.2. The highest BCUT2D eigenvalue weighted by Crippen LogP contribution is 2.27. The van der Waals surface area contributed by atoms with E-state index in [9.17, 15) is 8.42 Å². The quantitative estimate of drug-likeness (QED) is 0.602. The Morgan fingerprint density at radius 1 is 0.865 bits per heavy atom. The molecule has 0 amide bonds.